The molecule has 2 nitrogen and oxygen atoms in total. The van der Waals surface area contributed by atoms with Crippen LogP contribution in [0, 0.1) is 0 Å². The van der Waals surface area contributed by atoms with Gasteiger partial charge in [0.15, 0.2) is 0 Å². The van der Waals surface area contributed by atoms with E-state index < -0.39 is 0 Å². The van der Waals surface area contributed by atoms with Gasteiger partial charge >= 0.3 is 0 Å². The largest absolute Gasteiger partial charge is 0.373 e. The lowest BCUT2D eigenvalue weighted by Crippen LogP contribution is -2.19. The Morgan fingerprint density at radius 3 is 2.33 bits per heavy atom. The molecule has 1 rings (SSSR count). The van der Waals surface area contributed by atoms with E-state index in [4.69, 9.17) is 9.47 Å². The highest BCUT2D eigenvalue weighted by atomic mass is 16.6. The molecular formula is C7H14O2. The number of hydrogen-bond donors (Lipinski definition) is 0. The van der Waals surface area contributed by atoms with Crippen molar-refractivity contribution < 1.29 is 9.47 Å². The molecule has 54 valence electrons. The Kier molecular flexibility index (Phi) is 2.09. The van der Waals surface area contributed by atoms with Crippen LogP contribution in [0.2, 0.25) is 0 Å². The molecule has 2 atom stereocenters. The third-order valence-corrected chi connectivity index (χ3v) is 1.37. The molecular weight excluding hydrogens is 116 g/mol. The van der Waals surface area contributed by atoms with Crippen LogP contribution in [-0.2, 0) is 9.47 Å². The van der Waals surface area contributed by atoms with Crippen LogP contribution < -0.4 is 0 Å². The van der Waals surface area contributed by atoms with Crippen LogP contribution in [0.3, 0.4) is 0 Å². The van der Waals surface area contributed by atoms with Crippen molar-refractivity contribution in [1.29, 1.82) is 0 Å². The lowest BCUT2D eigenvalue weighted by Gasteiger charge is -2.12. The van der Waals surface area contributed by atoms with Crippen molar-refractivity contribution in [2.75, 3.05) is 6.61 Å². The molecule has 0 unspecified atom stereocenters. The average Bonchev–Trinajstić information content (AvgIpc) is 2.40. The second kappa shape index (κ2) is 2.67. The van der Waals surface area contributed by atoms with E-state index in [1.54, 1.807) is 0 Å². The second-order valence-electron chi connectivity index (χ2n) is 2.76. The molecule has 0 aromatic heterocycles. The molecule has 0 radical (unpaired) electrons. The number of rotatable bonds is 3. The molecule has 1 saturated heterocycles. The van der Waals surface area contributed by atoms with Gasteiger partial charge in [0.2, 0.25) is 0 Å². The highest BCUT2D eigenvalue weighted by molar-refractivity contribution is 4.76. The van der Waals surface area contributed by atoms with Crippen LogP contribution in [0.5, 0.6) is 0 Å². The zero-order chi connectivity index (χ0) is 6.85. The predicted octanol–water partition coefficient (Wildman–Crippen LogP) is 1.20. The third-order valence-electron chi connectivity index (χ3n) is 1.37. The summed E-state index contributed by atoms with van der Waals surface area (Å²) in [6.45, 7) is 7.02. The van der Waals surface area contributed by atoms with E-state index in [0.717, 1.165) is 6.61 Å². The van der Waals surface area contributed by atoms with Crippen molar-refractivity contribution >= 4 is 0 Å². The lowest BCUT2D eigenvalue weighted by atomic mass is 10.3. The number of epoxide rings is 1. The zero-order valence-electron chi connectivity index (χ0n) is 6.26. The first-order valence-corrected chi connectivity index (χ1v) is 3.47. The molecule has 0 saturated carbocycles. The standard InChI is InChI=1S/C7H14O2/c1-5(2)9-6(3)7-4-8-7/h5-7H,4H2,1-3H3/t6-,7-/m0/s1. The van der Waals surface area contributed by atoms with Crippen molar-refractivity contribution in [2.45, 2.75) is 39.1 Å². The molecule has 0 aliphatic carbocycles. The van der Waals surface area contributed by atoms with E-state index in [1.807, 2.05) is 13.8 Å². The Morgan fingerprint density at radius 2 is 2.00 bits per heavy atom. The van der Waals surface area contributed by atoms with Gasteiger partial charge in [0.05, 0.1) is 18.8 Å². The molecule has 9 heavy (non-hydrogen) atoms. The molecule has 0 N–H and O–H groups in total. The second-order valence-corrected chi connectivity index (χ2v) is 2.76. The van der Waals surface area contributed by atoms with Gasteiger partial charge in [-0.2, -0.15) is 0 Å². The fraction of sp³-hybridized carbons (Fsp3) is 1.00. The predicted molar refractivity (Wildman–Crippen MR) is 35.4 cm³/mol. The van der Waals surface area contributed by atoms with E-state index in [2.05, 4.69) is 6.92 Å². The first-order chi connectivity index (χ1) is 4.20. The van der Waals surface area contributed by atoms with Crippen LogP contribution in [0.15, 0.2) is 0 Å². The van der Waals surface area contributed by atoms with Crippen molar-refractivity contribution in [1.82, 2.24) is 0 Å². The monoisotopic (exact) mass is 130 g/mol. The van der Waals surface area contributed by atoms with Gasteiger partial charge in [-0.1, -0.05) is 0 Å². The van der Waals surface area contributed by atoms with Gasteiger partial charge in [0.1, 0.15) is 6.10 Å². The molecule has 0 amide bonds. The normalized spacial score (nSPS) is 28.7. The molecule has 0 aromatic rings. The fourth-order valence-corrected chi connectivity index (χ4v) is 0.844. The Morgan fingerprint density at radius 1 is 1.44 bits per heavy atom. The van der Waals surface area contributed by atoms with Crippen molar-refractivity contribution in [2.24, 2.45) is 0 Å². The minimum absolute atomic E-state index is 0.282. The van der Waals surface area contributed by atoms with Crippen LogP contribution >= 0.6 is 0 Å². The highest BCUT2D eigenvalue weighted by Gasteiger charge is 2.30. The van der Waals surface area contributed by atoms with Gasteiger partial charge in [-0.25, -0.2) is 0 Å². The summed E-state index contributed by atoms with van der Waals surface area (Å²) in [5.41, 5.74) is 0. The Labute approximate surface area is 56.2 Å². The molecule has 1 heterocycles. The summed E-state index contributed by atoms with van der Waals surface area (Å²) >= 11 is 0. The van der Waals surface area contributed by atoms with Crippen molar-refractivity contribution in [3.63, 3.8) is 0 Å². The molecule has 1 aliphatic heterocycles. The highest BCUT2D eigenvalue weighted by Crippen LogP contribution is 2.17. The smallest absolute Gasteiger partial charge is 0.107 e. The Hall–Kier alpha value is -0.0800. The molecule has 0 aromatic carbocycles. The van der Waals surface area contributed by atoms with E-state index in [0.29, 0.717) is 12.2 Å². The fourth-order valence-electron chi connectivity index (χ4n) is 0.844. The van der Waals surface area contributed by atoms with Crippen LogP contribution in [0.25, 0.3) is 0 Å². The zero-order valence-corrected chi connectivity index (χ0v) is 6.26. The molecule has 0 spiro atoms. The Bertz CT molecular complexity index is 86.9. The molecule has 1 fully saturated rings. The molecule has 1 aliphatic rings. The lowest BCUT2D eigenvalue weighted by molar-refractivity contribution is 0.00353. The molecule has 0 bridgehead atoms. The van der Waals surface area contributed by atoms with E-state index in [1.165, 1.54) is 0 Å². The van der Waals surface area contributed by atoms with Gasteiger partial charge in [-0.15, -0.1) is 0 Å². The topological polar surface area (TPSA) is 21.8 Å². The number of ether oxygens (including phenoxy) is 2. The first kappa shape index (κ1) is 7.03. The minimum Gasteiger partial charge on any atom is -0.373 e. The molecule has 2 heteroatoms. The van der Waals surface area contributed by atoms with Crippen LogP contribution in [-0.4, -0.2) is 24.9 Å². The summed E-state index contributed by atoms with van der Waals surface area (Å²) in [7, 11) is 0. The van der Waals surface area contributed by atoms with Gasteiger partial charge in [0, 0.05) is 0 Å². The van der Waals surface area contributed by atoms with E-state index >= 15 is 0 Å². The summed E-state index contributed by atoms with van der Waals surface area (Å²) < 4.78 is 10.5. The third kappa shape index (κ3) is 2.33. The summed E-state index contributed by atoms with van der Waals surface area (Å²) in [6, 6.07) is 0. The quantitative estimate of drug-likeness (QED) is 0.535. The summed E-state index contributed by atoms with van der Waals surface area (Å²) in [6.07, 6.45) is 0.988. The summed E-state index contributed by atoms with van der Waals surface area (Å²) in [5, 5.41) is 0. The average molecular weight is 130 g/mol. The van der Waals surface area contributed by atoms with E-state index in [-0.39, 0.29) is 6.10 Å². The summed E-state index contributed by atoms with van der Waals surface area (Å²) in [4.78, 5) is 0. The van der Waals surface area contributed by atoms with Crippen molar-refractivity contribution in [3.8, 4) is 0 Å². The Balaban J connectivity index is 2.10. The van der Waals surface area contributed by atoms with Gasteiger partial charge in [-0.3, -0.25) is 0 Å². The first-order valence-electron chi connectivity index (χ1n) is 3.47. The van der Waals surface area contributed by atoms with Gasteiger partial charge in [-0.05, 0) is 20.8 Å². The van der Waals surface area contributed by atoms with Gasteiger partial charge < -0.3 is 9.47 Å². The van der Waals surface area contributed by atoms with Crippen LogP contribution in [0.4, 0.5) is 0 Å². The van der Waals surface area contributed by atoms with Crippen molar-refractivity contribution in [3.05, 3.63) is 0 Å². The maximum atomic E-state index is 5.45. The summed E-state index contributed by atoms with van der Waals surface area (Å²) in [5.74, 6) is 0. The number of hydrogen-bond acceptors (Lipinski definition) is 2. The maximum absolute atomic E-state index is 5.45. The van der Waals surface area contributed by atoms with Crippen LogP contribution in [0.1, 0.15) is 20.8 Å². The maximum Gasteiger partial charge on any atom is 0.107 e. The van der Waals surface area contributed by atoms with Gasteiger partial charge in [0.25, 0.3) is 0 Å². The van der Waals surface area contributed by atoms with E-state index in [9.17, 15) is 0 Å². The SMILES string of the molecule is CC(C)O[C@@H](C)[C@@H]1CO1. The minimum atomic E-state index is 0.282.